The summed E-state index contributed by atoms with van der Waals surface area (Å²) < 4.78 is 15.7. The van der Waals surface area contributed by atoms with Crippen molar-refractivity contribution in [2.75, 3.05) is 33.5 Å². The maximum atomic E-state index is 5.52. The van der Waals surface area contributed by atoms with E-state index in [4.69, 9.17) is 14.2 Å². The molecule has 6 heteroatoms. The zero-order valence-electron chi connectivity index (χ0n) is 12.9. The van der Waals surface area contributed by atoms with Gasteiger partial charge >= 0.3 is 0 Å². The average Bonchev–Trinajstić information content (AvgIpc) is 2.82. The Bertz CT molecular complexity index is 364. The van der Waals surface area contributed by atoms with Crippen molar-refractivity contribution in [1.29, 1.82) is 0 Å². The minimum atomic E-state index is 0.113. The van der Waals surface area contributed by atoms with Crippen molar-refractivity contribution in [3.8, 4) is 0 Å². The molecule has 0 amide bonds. The highest BCUT2D eigenvalue weighted by Gasteiger charge is 2.10. The van der Waals surface area contributed by atoms with Crippen LogP contribution in [-0.2, 0) is 27.4 Å². The average molecular weight is 302 g/mol. The van der Waals surface area contributed by atoms with Crippen LogP contribution in [0.15, 0.2) is 5.38 Å². The normalized spacial score (nSPS) is 12.0. The lowest BCUT2D eigenvalue weighted by Crippen LogP contribution is -2.35. The second-order valence-corrected chi connectivity index (χ2v) is 6.44. The molecule has 0 aliphatic rings. The Morgan fingerprint density at radius 1 is 1.15 bits per heavy atom. The van der Waals surface area contributed by atoms with Gasteiger partial charge in [-0.25, -0.2) is 4.98 Å². The number of rotatable bonds is 10. The topological polar surface area (TPSA) is 52.6 Å². The molecule has 0 spiro atoms. The molecule has 1 N–H and O–H groups in total. The van der Waals surface area contributed by atoms with E-state index in [0.29, 0.717) is 33.0 Å². The molecule has 0 aliphatic heterocycles. The Morgan fingerprint density at radius 2 is 1.85 bits per heavy atom. The summed E-state index contributed by atoms with van der Waals surface area (Å²) >= 11 is 1.66. The molecule has 0 aliphatic carbocycles. The summed E-state index contributed by atoms with van der Waals surface area (Å²) in [5, 5.41) is 6.56. The fourth-order valence-electron chi connectivity index (χ4n) is 1.38. The summed E-state index contributed by atoms with van der Waals surface area (Å²) in [4.78, 5) is 4.53. The van der Waals surface area contributed by atoms with E-state index < -0.39 is 0 Å². The summed E-state index contributed by atoms with van der Waals surface area (Å²) in [5.41, 5.74) is 1.10. The molecule has 1 aromatic heterocycles. The monoisotopic (exact) mass is 302 g/mol. The number of aromatic nitrogens is 1. The standard InChI is InChI=1S/C14H26N2O3S/c1-14(2,3)15-9-13-16-12(11-20-13)10-19-8-7-18-6-5-17-4/h11,15H,5-10H2,1-4H3. The molecular weight excluding hydrogens is 276 g/mol. The van der Waals surface area contributed by atoms with Gasteiger partial charge in [-0.3, -0.25) is 0 Å². The first kappa shape index (κ1) is 17.5. The van der Waals surface area contributed by atoms with Gasteiger partial charge in [0.25, 0.3) is 0 Å². The fourth-order valence-corrected chi connectivity index (χ4v) is 2.09. The van der Waals surface area contributed by atoms with Crippen LogP contribution >= 0.6 is 11.3 Å². The quantitative estimate of drug-likeness (QED) is 0.672. The van der Waals surface area contributed by atoms with Gasteiger partial charge in [-0.2, -0.15) is 0 Å². The number of hydrogen-bond donors (Lipinski definition) is 1. The molecule has 0 saturated heterocycles. The number of methoxy groups -OCH3 is 1. The minimum Gasteiger partial charge on any atom is -0.382 e. The molecule has 1 rings (SSSR count). The van der Waals surface area contributed by atoms with E-state index in [1.807, 2.05) is 5.38 Å². The lowest BCUT2D eigenvalue weighted by molar-refractivity contribution is 0.0193. The number of ether oxygens (including phenoxy) is 3. The molecule has 116 valence electrons. The van der Waals surface area contributed by atoms with Crippen LogP contribution in [-0.4, -0.2) is 44.1 Å². The van der Waals surface area contributed by atoms with Gasteiger partial charge in [0.1, 0.15) is 5.01 Å². The summed E-state index contributed by atoms with van der Waals surface area (Å²) in [7, 11) is 1.66. The van der Waals surface area contributed by atoms with Crippen molar-refractivity contribution in [3.63, 3.8) is 0 Å². The maximum Gasteiger partial charge on any atom is 0.107 e. The van der Waals surface area contributed by atoms with Crippen LogP contribution in [0.5, 0.6) is 0 Å². The van der Waals surface area contributed by atoms with Crippen LogP contribution in [0.2, 0.25) is 0 Å². The van der Waals surface area contributed by atoms with E-state index in [1.165, 1.54) is 0 Å². The Labute approximate surface area is 125 Å². The van der Waals surface area contributed by atoms with Crippen LogP contribution < -0.4 is 5.32 Å². The summed E-state index contributed by atoms with van der Waals surface area (Å²) in [6.07, 6.45) is 0. The SMILES string of the molecule is COCCOCCOCc1csc(CNC(C)(C)C)n1. The van der Waals surface area contributed by atoms with Gasteiger partial charge in [-0.05, 0) is 20.8 Å². The molecule has 0 atom stereocenters. The zero-order valence-corrected chi connectivity index (χ0v) is 13.7. The Balaban J connectivity index is 2.11. The lowest BCUT2D eigenvalue weighted by atomic mass is 10.1. The molecule has 0 saturated carbocycles. The number of nitrogens with one attached hydrogen (secondary N) is 1. The number of hydrogen-bond acceptors (Lipinski definition) is 6. The van der Waals surface area contributed by atoms with Gasteiger partial charge < -0.3 is 19.5 Å². The third-order valence-corrected chi connectivity index (χ3v) is 3.32. The number of thiazole rings is 1. The van der Waals surface area contributed by atoms with Gasteiger partial charge in [0, 0.05) is 24.6 Å². The van der Waals surface area contributed by atoms with Crippen molar-refractivity contribution in [2.24, 2.45) is 0 Å². The molecule has 1 heterocycles. The maximum absolute atomic E-state index is 5.52. The predicted molar refractivity (Wildman–Crippen MR) is 81.1 cm³/mol. The number of nitrogens with zero attached hydrogens (tertiary/aromatic N) is 1. The van der Waals surface area contributed by atoms with Crippen molar-refractivity contribution in [3.05, 3.63) is 16.1 Å². The zero-order chi connectivity index (χ0) is 14.8. The third-order valence-electron chi connectivity index (χ3n) is 2.42. The smallest absolute Gasteiger partial charge is 0.107 e. The van der Waals surface area contributed by atoms with Gasteiger partial charge in [0.05, 0.1) is 38.7 Å². The lowest BCUT2D eigenvalue weighted by Gasteiger charge is -2.19. The molecule has 0 bridgehead atoms. The van der Waals surface area contributed by atoms with Gasteiger partial charge in [0.15, 0.2) is 0 Å². The molecule has 5 nitrogen and oxygen atoms in total. The first-order chi connectivity index (χ1) is 9.51. The molecule has 20 heavy (non-hydrogen) atoms. The van der Waals surface area contributed by atoms with E-state index in [0.717, 1.165) is 17.2 Å². The Morgan fingerprint density at radius 3 is 2.55 bits per heavy atom. The first-order valence-corrected chi connectivity index (χ1v) is 7.72. The van der Waals surface area contributed by atoms with Crippen LogP contribution in [0.1, 0.15) is 31.5 Å². The van der Waals surface area contributed by atoms with Crippen molar-refractivity contribution in [1.82, 2.24) is 10.3 Å². The van der Waals surface area contributed by atoms with Gasteiger partial charge in [-0.15, -0.1) is 11.3 Å². The van der Waals surface area contributed by atoms with E-state index >= 15 is 0 Å². The molecule has 0 aromatic carbocycles. The minimum absolute atomic E-state index is 0.113. The van der Waals surface area contributed by atoms with E-state index in [-0.39, 0.29) is 5.54 Å². The second kappa shape index (κ2) is 9.41. The highest BCUT2D eigenvalue weighted by molar-refractivity contribution is 7.09. The predicted octanol–water partition coefficient (Wildman–Crippen LogP) is 2.21. The van der Waals surface area contributed by atoms with Crippen LogP contribution in [0.25, 0.3) is 0 Å². The van der Waals surface area contributed by atoms with Crippen molar-refractivity contribution < 1.29 is 14.2 Å². The molecular formula is C14H26N2O3S. The highest BCUT2D eigenvalue weighted by atomic mass is 32.1. The Kier molecular flexibility index (Phi) is 8.25. The van der Waals surface area contributed by atoms with Crippen LogP contribution in [0.4, 0.5) is 0 Å². The van der Waals surface area contributed by atoms with Gasteiger partial charge in [0.2, 0.25) is 0 Å². The Hall–Kier alpha value is -0.530. The highest BCUT2D eigenvalue weighted by Crippen LogP contribution is 2.12. The van der Waals surface area contributed by atoms with Crippen LogP contribution in [0, 0.1) is 0 Å². The summed E-state index contributed by atoms with van der Waals surface area (Å²) in [6.45, 7) is 10.2. The van der Waals surface area contributed by atoms with E-state index in [1.54, 1.807) is 18.4 Å². The van der Waals surface area contributed by atoms with E-state index in [2.05, 4.69) is 31.1 Å². The summed E-state index contributed by atoms with van der Waals surface area (Å²) in [5.74, 6) is 0. The summed E-state index contributed by atoms with van der Waals surface area (Å²) in [6, 6.07) is 0. The van der Waals surface area contributed by atoms with Gasteiger partial charge in [-0.1, -0.05) is 0 Å². The van der Waals surface area contributed by atoms with Crippen LogP contribution in [0.3, 0.4) is 0 Å². The van der Waals surface area contributed by atoms with E-state index in [9.17, 15) is 0 Å². The first-order valence-electron chi connectivity index (χ1n) is 6.84. The fraction of sp³-hybridized carbons (Fsp3) is 0.786. The second-order valence-electron chi connectivity index (χ2n) is 5.49. The molecule has 0 fully saturated rings. The molecule has 0 unspecified atom stereocenters. The van der Waals surface area contributed by atoms with Crippen molar-refractivity contribution >= 4 is 11.3 Å². The third kappa shape index (κ3) is 8.60. The molecule has 0 radical (unpaired) electrons. The van der Waals surface area contributed by atoms with Crippen molar-refractivity contribution in [2.45, 2.75) is 39.5 Å². The largest absolute Gasteiger partial charge is 0.382 e. The molecule has 1 aromatic rings.